The van der Waals surface area contributed by atoms with Crippen LogP contribution in [-0.4, -0.2) is 113 Å². The third-order valence-corrected chi connectivity index (χ3v) is 11.6. The quantitative estimate of drug-likeness (QED) is 0.193. The number of hydrogen-bond donors (Lipinski definition) is 1. The van der Waals surface area contributed by atoms with E-state index in [1.165, 1.54) is 9.80 Å². The van der Waals surface area contributed by atoms with Crippen LogP contribution in [0, 0.1) is 11.6 Å². The maximum absolute atomic E-state index is 15.2. The van der Waals surface area contributed by atoms with Crippen LogP contribution in [0.5, 0.6) is 5.75 Å². The lowest BCUT2D eigenvalue weighted by Crippen LogP contribution is -2.65. The summed E-state index contributed by atoms with van der Waals surface area (Å²) in [6, 6.07) is 9.59. The minimum Gasteiger partial charge on any atom is -0.484 e. The van der Waals surface area contributed by atoms with E-state index < -0.39 is 52.6 Å². The minimum atomic E-state index is -1.19. The van der Waals surface area contributed by atoms with E-state index in [0.717, 1.165) is 36.1 Å². The number of carbonyl (C=O) groups excluding carboxylic acids is 2. The molecule has 1 unspecified atom stereocenters. The van der Waals surface area contributed by atoms with Gasteiger partial charge in [0.1, 0.15) is 28.4 Å². The zero-order valence-electron chi connectivity index (χ0n) is 32.9. The Balaban J connectivity index is 1.22. The van der Waals surface area contributed by atoms with Gasteiger partial charge in [0.25, 0.3) is 5.91 Å². The molecule has 0 radical (unpaired) electrons. The number of methoxy groups -OCH3 is 1. The lowest BCUT2D eigenvalue weighted by atomic mass is 9.81. The van der Waals surface area contributed by atoms with Gasteiger partial charge in [-0.05, 0) is 99.0 Å². The van der Waals surface area contributed by atoms with E-state index in [2.05, 4.69) is 0 Å². The monoisotopic (exact) mass is 841 g/mol. The molecule has 3 aromatic rings. The van der Waals surface area contributed by atoms with Crippen LogP contribution in [0.1, 0.15) is 63.1 Å². The normalized spacial score (nSPS) is 20.7. The van der Waals surface area contributed by atoms with Gasteiger partial charge in [0.05, 0.1) is 25.2 Å². The largest absolute Gasteiger partial charge is 0.484 e. The zero-order valence-corrected chi connectivity index (χ0v) is 34.4. The van der Waals surface area contributed by atoms with Crippen molar-refractivity contribution in [1.29, 1.82) is 0 Å². The summed E-state index contributed by atoms with van der Waals surface area (Å²) >= 11 is 12.7. The number of benzene rings is 2. The number of anilines is 1. The number of aromatic nitrogens is 1. The van der Waals surface area contributed by atoms with Crippen LogP contribution >= 0.6 is 23.2 Å². The molecular formula is C42H47Cl2F2N5O7. The summed E-state index contributed by atoms with van der Waals surface area (Å²) in [5.41, 5.74) is 2.57. The molecule has 3 fully saturated rings. The molecule has 4 aliphatic rings. The Hall–Kier alpha value is -4.66. The van der Waals surface area contributed by atoms with Crippen molar-refractivity contribution in [1.82, 2.24) is 19.7 Å². The fourth-order valence-corrected chi connectivity index (χ4v) is 8.38. The summed E-state index contributed by atoms with van der Waals surface area (Å²) in [6.07, 6.45) is 2.32. The van der Waals surface area contributed by atoms with E-state index in [9.17, 15) is 23.5 Å². The first-order valence-electron chi connectivity index (χ1n) is 19.4. The maximum Gasteiger partial charge on any atom is 0.410 e. The van der Waals surface area contributed by atoms with Crippen LogP contribution in [0.2, 0.25) is 10.0 Å². The number of nitrogens with zero attached hydrogens (tertiary/aromatic N) is 5. The molecule has 4 heterocycles. The van der Waals surface area contributed by atoms with Gasteiger partial charge in [0.15, 0.2) is 11.6 Å². The molecule has 58 heavy (non-hydrogen) atoms. The number of halogens is 4. The summed E-state index contributed by atoms with van der Waals surface area (Å²) < 4.78 is 45.3. The van der Waals surface area contributed by atoms with Crippen molar-refractivity contribution in [3.8, 4) is 5.75 Å². The summed E-state index contributed by atoms with van der Waals surface area (Å²) in [4.78, 5) is 52.9. The van der Waals surface area contributed by atoms with Gasteiger partial charge in [0.2, 0.25) is 0 Å². The smallest absolute Gasteiger partial charge is 0.410 e. The van der Waals surface area contributed by atoms with Crippen LogP contribution in [-0.2, 0) is 27.2 Å². The lowest BCUT2D eigenvalue weighted by Gasteiger charge is -2.50. The fourth-order valence-electron chi connectivity index (χ4n) is 8.00. The molecule has 3 atom stereocenters. The average Bonchev–Trinajstić information content (AvgIpc) is 3.91. The van der Waals surface area contributed by atoms with E-state index in [1.807, 2.05) is 35.2 Å². The molecule has 2 bridgehead atoms. The molecule has 3 aliphatic heterocycles. The Labute approximate surface area is 346 Å². The first kappa shape index (κ1) is 41.5. The number of piperazine rings is 1. The number of amides is 3. The first-order valence-corrected chi connectivity index (χ1v) is 20.2. The van der Waals surface area contributed by atoms with E-state index >= 15 is 4.79 Å². The molecule has 1 aliphatic carbocycles. The van der Waals surface area contributed by atoms with Crippen molar-refractivity contribution in [2.75, 3.05) is 44.8 Å². The number of fused-ring (bicyclic) bond motifs is 2. The van der Waals surface area contributed by atoms with Crippen molar-refractivity contribution in [2.24, 2.45) is 0 Å². The Kier molecular flexibility index (Phi) is 12.1. The topological polar surface area (TPSA) is 125 Å². The van der Waals surface area contributed by atoms with Gasteiger partial charge >= 0.3 is 12.2 Å². The number of carbonyl (C=O) groups is 3. The minimum absolute atomic E-state index is 0.0787. The highest BCUT2D eigenvalue weighted by Crippen LogP contribution is 2.42. The van der Waals surface area contributed by atoms with Crippen molar-refractivity contribution in [2.45, 2.75) is 89.3 Å². The predicted octanol–water partition coefficient (Wildman–Crippen LogP) is 7.83. The van der Waals surface area contributed by atoms with Gasteiger partial charge in [-0.15, -0.1) is 0 Å². The molecule has 12 nitrogen and oxygen atoms in total. The molecule has 2 saturated heterocycles. The number of hydrogen-bond acceptors (Lipinski definition) is 8. The SMILES string of the molecule is COCCc1ccc(Cl)c(CN(C(=O)C2=C(c3ccc(N4CCC(Oc5c(F)ccc(F)c5Cl)C4)nc3)C[C@@H]3CN(C(=O)OC(C)(C)C)C[C@H]2N3C(=O)O)C2CC2)c1. The van der Waals surface area contributed by atoms with Crippen LogP contribution in [0.15, 0.2) is 54.2 Å². The predicted molar refractivity (Wildman–Crippen MR) is 214 cm³/mol. The van der Waals surface area contributed by atoms with Crippen LogP contribution in [0.4, 0.5) is 24.2 Å². The van der Waals surface area contributed by atoms with Crippen LogP contribution in [0.3, 0.4) is 0 Å². The summed E-state index contributed by atoms with van der Waals surface area (Å²) in [6.45, 7) is 6.89. The van der Waals surface area contributed by atoms with E-state index in [0.29, 0.717) is 54.5 Å². The molecule has 7 rings (SSSR count). The third kappa shape index (κ3) is 8.98. The Morgan fingerprint density at radius 3 is 2.43 bits per heavy atom. The second-order valence-corrected chi connectivity index (χ2v) is 17.0. The number of ether oxygens (including phenoxy) is 3. The Morgan fingerprint density at radius 2 is 1.76 bits per heavy atom. The fraction of sp³-hybridized carbons (Fsp3) is 0.476. The van der Waals surface area contributed by atoms with E-state index in [-0.39, 0.29) is 49.3 Å². The van der Waals surface area contributed by atoms with E-state index in [4.69, 9.17) is 42.4 Å². The standard InChI is InChI=1S/C42H47Cl2F2N5O7/c1-42(2,3)58-41(55)49-21-28-18-30(25-6-12-35(47-19-25)48-15-13-29(22-48)57-38-33(46)11-10-32(45)37(38)44)36(34(23-49)51(28)40(53)54)39(52)50(27-7-8-27)20-26-17-24(14-16-56-4)5-9-31(26)43/h5-6,9-12,17,19,27-29,34H,7-8,13-16,18,20-23H2,1-4H3,(H,53,54)/t28-,29?,34-/m1/s1. The summed E-state index contributed by atoms with van der Waals surface area (Å²) in [5, 5.41) is 10.7. The second-order valence-electron chi connectivity index (χ2n) is 16.2. The molecule has 0 spiro atoms. The highest BCUT2D eigenvalue weighted by Gasteiger charge is 2.50. The molecular weight excluding hydrogens is 795 g/mol. The van der Waals surface area contributed by atoms with Crippen molar-refractivity contribution < 1.29 is 42.5 Å². The molecule has 16 heteroatoms. The average molecular weight is 843 g/mol. The molecule has 2 aromatic carbocycles. The van der Waals surface area contributed by atoms with Gasteiger partial charge in [-0.25, -0.2) is 23.4 Å². The highest BCUT2D eigenvalue weighted by molar-refractivity contribution is 6.32. The maximum atomic E-state index is 15.2. The van der Waals surface area contributed by atoms with Gasteiger partial charge in [-0.3, -0.25) is 9.69 Å². The first-order chi connectivity index (χ1) is 27.6. The Morgan fingerprint density at radius 1 is 1.00 bits per heavy atom. The zero-order chi connectivity index (χ0) is 41.5. The van der Waals surface area contributed by atoms with Gasteiger partial charge in [-0.2, -0.15) is 0 Å². The molecule has 1 saturated carbocycles. The van der Waals surface area contributed by atoms with Gasteiger partial charge in [0, 0.05) is 62.5 Å². The lowest BCUT2D eigenvalue weighted by molar-refractivity contribution is -0.129. The second kappa shape index (κ2) is 16.9. The number of carboxylic acid groups (broad SMARTS) is 1. The molecule has 310 valence electrons. The highest BCUT2D eigenvalue weighted by atomic mass is 35.5. The van der Waals surface area contributed by atoms with Crippen molar-refractivity contribution in [3.63, 3.8) is 0 Å². The number of rotatable bonds is 11. The molecule has 1 N–H and O–H groups in total. The summed E-state index contributed by atoms with van der Waals surface area (Å²) in [5.74, 6) is -1.58. The van der Waals surface area contributed by atoms with Crippen molar-refractivity contribution >= 4 is 52.7 Å². The van der Waals surface area contributed by atoms with Gasteiger partial charge in [-0.1, -0.05) is 35.3 Å². The molecule has 3 amide bonds. The van der Waals surface area contributed by atoms with Gasteiger partial charge < -0.3 is 34.0 Å². The third-order valence-electron chi connectivity index (χ3n) is 10.9. The van der Waals surface area contributed by atoms with Crippen LogP contribution in [0.25, 0.3) is 5.57 Å². The van der Waals surface area contributed by atoms with Crippen molar-refractivity contribution in [3.05, 3.63) is 92.6 Å². The Bertz CT molecular complexity index is 2090. The van der Waals surface area contributed by atoms with E-state index in [1.54, 1.807) is 39.0 Å². The van der Waals surface area contributed by atoms with Crippen LogP contribution < -0.4 is 9.64 Å². The molecule has 1 aromatic heterocycles. The summed E-state index contributed by atoms with van der Waals surface area (Å²) in [7, 11) is 1.64. The number of pyridine rings is 1.